The van der Waals surface area contributed by atoms with E-state index < -0.39 is 0 Å². The summed E-state index contributed by atoms with van der Waals surface area (Å²) in [6.07, 6.45) is 25.4. The van der Waals surface area contributed by atoms with Crippen LogP contribution in [-0.4, -0.2) is 4.98 Å². The minimum atomic E-state index is 0. The summed E-state index contributed by atoms with van der Waals surface area (Å²) in [5.74, 6) is 0. The van der Waals surface area contributed by atoms with Crippen LogP contribution >= 0.6 is 0 Å². The van der Waals surface area contributed by atoms with Crippen LogP contribution in [0.3, 0.4) is 0 Å². The van der Waals surface area contributed by atoms with Crippen molar-refractivity contribution in [2.24, 2.45) is 0 Å². The third-order valence-electron chi connectivity index (χ3n) is 6.15. The van der Waals surface area contributed by atoms with Crippen molar-refractivity contribution in [1.29, 1.82) is 0 Å². The van der Waals surface area contributed by atoms with Crippen LogP contribution in [0, 0.1) is 171 Å². The van der Waals surface area contributed by atoms with Gasteiger partial charge in [-0.15, -0.1) is 62.3 Å². The molecule has 5 heteroatoms. The molecule has 1 nitrogen and oxygen atoms in total. The first-order valence-corrected chi connectivity index (χ1v) is 17.1. The maximum Gasteiger partial charge on any atom is 2.00 e. The van der Waals surface area contributed by atoms with Crippen LogP contribution in [-0.2, 0) is 21.1 Å². The molecule has 0 spiro atoms. The summed E-state index contributed by atoms with van der Waals surface area (Å²) in [5.41, 5.74) is 10.6. The molecule has 1 aromatic carbocycles. The van der Waals surface area contributed by atoms with Gasteiger partial charge in [0.15, 0.2) is 0 Å². The SMILES string of the molecule is C.CC.CC.C[C-]=CC(C)=[C-]C.C[C-]=CC(C)=[C-]C.Cc1ccccc1C.Cc1cccnc1C.[CH-]=C(C)C(C)=[C-]C.[CH2-]CCC(C)=[C-]C.[U+2].[U+2].[U+2].[W+2]. The molecule has 53 heavy (non-hydrogen) atoms. The summed E-state index contributed by atoms with van der Waals surface area (Å²) in [6.45, 7) is 46.6. The maximum atomic E-state index is 5.36. The van der Waals surface area contributed by atoms with Crippen molar-refractivity contribution in [3.05, 3.63) is 155 Å². The third kappa shape index (κ3) is 70.7. The topological polar surface area (TPSA) is 12.9 Å². The first kappa shape index (κ1) is 81.6. The molecule has 1 aromatic heterocycles. The molecule has 0 N–H and O–H groups in total. The van der Waals surface area contributed by atoms with E-state index in [1.54, 1.807) is 0 Å². The molecule has 1 heterocycles. The largest absolute Gasteiger partial charge is 2.00 e. The average Bonchev–Trinajstić information content (AvgIpc) is 3.10. The van der Waals surface area contributed by atoms with Crippen LogP contribution in [0.1, 0.15) is 147 Å². The minimum Gasteiger partial charge on any atom is -0.501 e. The van der Waals surface area contributed by atoms with E-state index in [2.05, 4.69) is 106 Å². The predicted molar refractivity (Wildman–Crippen MR) is 227 cm³/mol. The zero-order valence-corrected chi connectivity index (χ0v) is 52.2. The summed E-state index contributed by atoms with van der Waals surface area (Å²) in [7, 11) is 0. The fourth-order valence-corrected chi connectivity index (χ4v) is 2.39. The zero-order valence-electron chi connectivity index (χ0n) is 36.8. The molecule has 0 amide bonds. The first-order valence-electron chi connectivity index (χ1n) is 17.1. The molecule has 0 aliphatic rings. The van der Waals surface area contributed by atoms with Gasteiger partial charge >= 0.3 is 114 Å². The average molecular weight is 1570 g/mol. The van der Waals surface area contributed by atoms with Crippen molar-refractivity contribution in [3.63, 3.8) is 0 Å². The molecular weight excluding hydrogens is 1490 g/mol. The van der Waals surface area contributed by atoms with E-state index in [1.807, 2.05) is 128 Å². The van der Waals surface area contributed by atoms with Gasteiger partial charge in [0.1, 0.15) is 0 Å². The number of aromatic nitrogens is 1. The normalized spacial score (nSPS) is 9.66. The van der Waals surface area contributed by atoms with E-state index in [9.17, 15) is 0 Å². The first-order chi connectivity index (χ1) is 22.7. The van der Waals surface area contributed by atoms with Crippen molar-refractivity contribution in [3.8, 4) is 0 Å². The Morgan fingerprint density at radius 1 is 0.642 bits per heavy atom. The summed E-state index contributed by atoms with van der Waals surface area (Å²) >= 11 is 0. The van der Waals surface area contributed by atoms with E-state index in [0.717, 1.165) is 40.8 Å². The molecule has 2 aromatic rings. The Morgan fingerprint density at radius 3 is 1.13 bits per heavy atom. The number of aryl methyl sites for hydroxylation is 4. The standard InChI is InChI=1S/C8H10.C7H9N.C7H10.C7H12.2C7H10.2C2H6.CH4.3U.W/c1-7-5-3-4-6-8(7)2;1-6-4-3-5-8-7(6)2;1-5-7(4)6(2)3;3*1-4-6-7(3)5-2;2*1-2;;;;;/h3-6H,1-2H3;3-5H,1-2H3;2H,1,3-4H3;1,4,6H2,2-3H3;2*6H,1-3H3;2*1-2H3;1H4;;;;/q;;4*-2;;;;4*+2. The fraction of sp³-hybridized carbons (Fsp3) is 0.458. The number of benzene rings is 1. The quantitative estimate of drug-likeness (QED) is 0.215. The molecular formula is C48H77NU3W. The van der Waals surface area contributed by atoms with Crippen LogP contribution in [0.4, 0.5) is 0 Å². The Bertz CT molecular complexity index is 1080. The molecule has 292 valence electrons. The zero-order chi connectivity index (χ0) is 38.9. The van der Waals surface area contributed by atoms with E-state index in [0.29, 0.717) is 0 Å². The van der Waals surface area contributed by atoms with E-state index in [1.165, 1.54) is 22.3 Å². The molecule has 0 radical (unpaired) electrons. The van der Waals surface area contributed by atoms with Gasteiger partial charge in [0, 0.05) is 11.9 Å². The second kappa shape index (κ2) is 67.2. The molecule has 0 fully saturated rings. The molecule has 0 atom stereocenters. The van der Waals surface area contributed by atoms with Gasteiger partial charge in [0.2, 0.25) is 0 Å². The number of hydrogen-bond acceptors (Lipinski definition) is 1. The number of pyridine rings is 1. The van der Waals surface area contributed by atoms with Crippen LogP contribution in [0.5, 0.6) is 0 Å². The Kier molecular flexibility index (Phi) is 103. The molecule has 0 saturated carbocycles. The Morgan fingerprint density at radius 2 is 1.00 bits per heavy atom. The molecule has 0 aliphatic carbocycles. The Hall–Kier alpha value is 0.394. The number of rotatable bonds is 5. The van der Waals surface area contributed by atoms with E-state index in [4.69, 9.17) is 6.58 Å². The van der Waals surface area contributed by atoms with Gasteiger partial charge in [0.05, 0.1) is 0 Å². The van der Waals surface area contributed by atoms with E-state index in [-0.39, 0.29) is 122 Å². The van der Waals surface area contributed by atoms with Crippen molar-refractivity contribution in [2.45, 2.75) is 152 Å². The molecule has 0 bridgehead atoms. The van der Waals surface area contributed by atoms with Crippen LogP contribution in [0.25, 0.3) is 0 Å². The second-order valence-electron chi connectivity index (χ2n) is 9.91. The Balaban J connectivity index is -0.0000000428. The summed E-state index contributed by atoms with van der Waals surface area (Å²) in [4.78, 5) is 4.08. The second-order valence-corrected chi connectivity index (χ2v) is 9.91. The van der Waals surface area contributed by atoms with Crippen molar-refractivity contribution < 1.29 is 114 Å². The summed E-state index contributed by atoms with van der Waals surface area (Å²) < 4.78 is 0. The monoisotopic (exact) mass is 1570 g/mol. The van der Waals surface area contributed by atoms with Gasteiger partial charge in [-0.25, -0.2) is 0 Å². The minimum absolute atomic E-state index is 0. The van der Waals surface area contributed by atoms with Gasteiger partial charge < -0.3 is 84.4 Å². The third-order valence-corrected chi connectivity index (χ3v) is 6.15. The van der Waals surface area contributed by atoms with Gasteiger partial charge in [-0.1, -0.05) is 78.8 Å². The summed E-state index contributed by atoms with van der Waals surface area (Å²) in [5, 5.41) is 0. The molecule has 2 rings (SSSR count). The summed E-state index contributed by atoms with van der Waals surface area (Å²) in [6, 6.07) is 12.4. The molecule has 0 unspecified atom stereocenters. The number of allylic oxidation sites excluding steroid dienone is 13. The van der Waals surface area contributed by atoms with Crippen molar-refractivity contribution in [2.75, 3.05) is 0 Å². The van der Waals surface area contributed by atoms with Crippen LogP contribution in [0.15, 0.2) is 82.6 Å². The van der Waals surface area contributed by atoms with Gasteiger partial charge in [-0.2, -0.15) is 13.3 Å². The van der Waals surface area contributed by atoms with Crippen molar-refractivity contribution >= 4 is 0 Å². The van der Waals surface area contributed by atoms with Crippen molar-refractivity contribution in [1.82, 2.24) is 4.98 Å². The Labute approximate surface area is 420 Å². The fourth-order valence-electron chi connectivity index (χ4n) is 2.39. The predicted octanol–water partition coefficient (Wildman–Crippen LogP) is 15.5. The number of hydrogen-bond donors (Lipinski definition) is 0. The maximum absolute atomic E-state index is 5.36. The smallest absolute Gasteiger partial charge is 0.501 e. The van der Waals surface area contributed by atoms with Gasteiger partial charge in [-0.3, -0.25) is 10.6 Å². The van der Waals surface area contributed by atoms with Crippen LogP contribution < -0.4 is 0 Å². The van der Waals surface area contributed by atoms with Gasteiger partial charge in [-0.05, 0) is 50.5 Å². The molecule has 0 saturated heterocycles. The van der Waals surface area contributed by atoms with Gasteiger partial charge in [0.25, 0.3) is 0 Å². The van der Waals surface area contributed by atoms with Crippen LogP contribution in [0.2, 0.25) is 0 Å². The number of nitrogens with zero attached hydrogens (tertiary/aromatic N) is 1. The molecule has 0 aliphatic heterocycles. The van der Waals surface area contributed by atoms with E-state index >= 15 is 0 Å².